The molecular formula is C15H17BrFN3. The molecule has 0 amide bonds. The van der Waals surface area contributed by atoms with Crippen LogP contribution in [0.1, 0.15) is 36.8 Å². The van der Waals surface area contributed by atoms with E-state index in [2.05, 4.69) is 45.1 Å². The maximum Gasteiger partial charge on any atom is 0.144 e. The lowest BCUT2D eigenvalue weighted by Gasteiger charge is -2.13. The van der Waals surface area contributed by atoms with Crippen molar-refractivity contribution in [2.24, 2.45) is 0 Å². The van der Waals surface area contributed by atoms with Gasteiger partial charge in [-0.05, 0) is 39.5 Å². The number of nitrogens with one attached hydrogen (secondary N) is 1. The third-order valence-electron chi connectivity index (χ3n) is 2.96. The Hall–Kier alpha value is -1.49. The highest BCUT2D eigenvalue weighted by Gasteiger charge is 2.14. The average molecular weight is 338 g/mol. The lowest BCUT2D eigenvalue weighted by atomic mass is 10.1. The quantitative estimate of drug-likeness (QED) is 0.911. The zero-order valence-electron chi connectivity index (χ0n) is 11.7. The molecule has 106 valence electrons. The summed E-state index contributed by atoms with van der Waals surface area (Å²) in [5, 5.41) is 3.06. The van der Waals surface area contributed by atoms with Crippen molar-refractivity contribution < 1.29 is 4.39 Å². The largest absolute Gasteiger partial charge is 0.372 e. The summed E-state index contributed by atoms with van der Waals surface area (Å²) in [6, 6.07) is 6.53. The average Bonchev–Trinajstić information content (AvgIpc) is 2.40. The summed E-state index contributed by atoms with van der Waals surface area (Å²) < 4.78 is 14.1. The fraction of sp³-hybridized carbons (Fsp3) is 0.333. The predicted octanol–water partition coefficient (Wildman–Crippen LogP) is 4.13. The molecule has 0 saturated heterocycles. The number of anilines is 1. The van der Waals surface area contributed by atoms with Gasteiger partial charge in [0.15, 0.2) is 0 Å². The minimum absolute atomic E-state index is 0.238. The van der Waals surface area contributed by atoms with E-state index in [9.17, 15) is 4.39 Å². The highest BCUT2D eigenvalue weighted by atomic mass is 79.9. The zero-order chi connectivity index (χ0) is 14.7. The van der Waals surface area contributed by atoms with E-state index in [0.29, 0.717) is 12.2 Å². The summed E-state index contributed by atoms with van der Waals surface area (Å²) in [7, 11) is 1.82. The van der Waals surface area contributed by atoms with E-state index in [1.165, 1.54) is 12.1 Å². The van der Waals surface area contributed by atoms with Crippen molar-refractivity contribution >= 4 is 21.7 Å². The molecule has 0 spiro atoms. The number of rotatable bonds is 4. The highest BCUT2D eigenvalue weighted by molar-refractivity contribution is 9.10. The van der Waals surface area contributed by atoms with E-state index in [-0.39, 0.29) is 11.7 Å². The van der Waals surface area contributed by atoms with Crippen molar-refractivity contribution in [2.75, 3.05) is 12.4 Å². The molecule has 20 heavy (non-hydrogen) atoms. The molecule has 1 aromatic carbocycles. The topological polar surface area (TPSA) is 37.8 Å². The van der Waals surface area contributed by atoms with Crippen LogP contribution in [-0.2, 0) is 6.42 Å². The first kappa shape index (κ1) is 14.9. The van der Waals surface area contributed by atoms with Gasteiger partial charge in [0.2, 0.25) is 0 Å². The summed E-state index contributed by atoms with van der Waals surface area (Å²) >= 11 is 3.53. The Bertz CT molecular complexity index is 614. The van der Waals surface area contributed by atoms with Gasteiger partial charge in [-0.1, -0.05) is 26.0 Å². The number of benzene rings is 1. The van der Waals surface area contributed by atoms with E-state index < -0.39 is 0 Å². The summed E-state index contributed by atoms with van der Waals surface area (Å²) in [6.07, 6.45) is 0.513. The second-order valence-corrected chi connectivity index (χ2v) is 5.69. The van der Waals surface area contributed by atoms with Crippen LogP contribution < -0.4 is 5.32 Å². The zero-order valence-corrected chi connectivity index (χ0v) is 13.3. The molecule has 0 fully saturated rings. The second-order valence-electron chi connectivity index (χ2n) is 4.90. The molecule has 1 aromatic heterocycles. The van der Waals surface area contributed by atoms with E-state index >= 15 is 0 Å². The van der Waals surface area contributed by atoms with Crippen LogP contribution in [0.25, 0.3) is 0 Å². The van der Waals surface area contributed by atoms with Crippen molar-refractivity contribution in [3.8, 4) is 0 Å². The molecule has 2 aromatic rings. The first-order valence-corrected chi connectivity index (χ1v) is 7.29. The molecule has 0 atom stereocenters. The Balaban J connectivity index is 2.39. The molecule has 0 saturated carbocycles. The van der Waals surface area contributed by atoms with Gasteiger partial charge in [-0.15, -0.1) is 0 Å². The third-order valence-corrected chi connectivity index (χ3v) is 3.74. The Kier molecular flexibility index (Phi) is 4.70. The lowest BCUT2D eigenvalue weighted by Crippen LogP contribution is -2.07. The van der Waals surface area contributed by atoms with Gasteiger partial charge in [-0.25, -0.2) is 14.4 Å². The second kappa shape index (κ2) is 6.31. The molecule has 2 rings (SSSR count). The number of hydrogen-bond donors (Lipinski definition) is 1. The van der Waals surface area contributed by atoms with Gasteiger partial charge in [-0.3, -0.25) is 0 Å². The van der Waals surface area contributed by atoms with Crippen molar-refractivity contribution in [3.63, 3.8) is 0 Å². The van der Waals surface area contributed by atoms with E-state index in [1.54, 1.807) is 6.07 Å². The number of nitrogens with zero attached hydrogens (tertiary/aromatic N) is 2. The predicted molar refractivity (Wildman–Crippen MR) is 82.6 cm³/mol. The van der Waals surface area contributed by atoms with Crippen molar-refractivity contribution in [1.29, 1.82) is 0 Å². The molecule has 3 nitrogen and oxygen atoms in total. The Morgan fingerprint density at radius 3 is 2.65 bits per heavy atom. The monoisotopic (exact) mass is 337 g/mol. The number of aromatic nitrogens is 2. The van der Waals surface area contributed by atoms with Crippen LogP contribution in [0.5, 0.6) is 0 Å². The molecule has 0 aliphatic rings. The van der Waals surface area contributed by atoms with E-state index in [1.807, 2.05) is 13.1 Å². The molecular weight excluding hydrogens is 321 g/mol. The number of halogens is 2. The third kappa shape index (κ3) is 3.33. The highest BCUT2D eigenvalue weighted by Crippen LogP contribution is 2.29. The van der Waals surface area contributed by atoms with Crippen molar-refractivity contribution in [1.82, 2.24) is 9.97 Å². The maximum atomic E-state index is 13.2. The molecule has 1 heterocycles. The van der Waals surface area contributed by atoms with Gasteiger partial charge in [0.25, 0.3) is 0 Å². The van der Waals surface area contributed by atoms with Crippen LogP contribution in [-0.4, -0.2) is 17.0 Å². The van der Waals surface area contributed by atoms with Crippen LogP contribution >= 0.6 is 15.9 Å². The first-order chi connectivity index (χ1) is 9.51. The molecule has 0 aliphatic carbocycles. The molecule has 0 unspecified atom stereocenters. The molecule has 0 aliphatic heterocycles. The fourth-order valence-electron chi connectivity index (χ4n) is 1.97. The standard InChI is InChI=1S/C15H17BrFN3/c1-9(2)14-13(16)15(18-3)20-12(19-14)8-10-5-4-6-11(17)7-10/h4-7,9H,8H2,1-3H3,(H,18,19,20). The molecule has 0 bridgehead atoms. The van der Waals surface area contributed by atoms with E-state index in [0.717, 1.165) is 21.5 Å². The van der Waals surface area contributed by atoms with Gasteiger partial charge in [-0.2, -0.15) is 0 Å². The van der Waals surface area contributed by atoms with Crippen LogP contribution in [0.15, 0.2) is 28.7 Å². The van der Waals surface area contributed by atoms with Crippen LogP contribution in [0, 0.1) is 5.82 Å². The Labute approximate surface area is 126 Å². The summed E-state index contributed by atoms with van der Waals surface area (Å²) in [5.74, 6) is 1.49. The van der Waals surface area contributed by atoms with Crippen LogP contribution in [0.2, 0.25) is 0 Å². The smallest absolute Gasteiger partial charge is 0.144 e. The summed E-state index contributed by atoms with van der Waals surface area (Å²) in [4.78, 5) is 9.05. The van der Waals surface area contributed by atoms with Gasteiger partial charge < -0.3 is 5.32 Å². The molecule has 0 radical (unpaired) electrons. The van der Waals surface area contributed by atoms with Gasteiger partial charge in [0.1, 0.15) is 17.5 Å². The summed E-state index contributed by atoms with van der Waals surface area (Å²) in [6.45, 7) is 4.16. The first-order valence-electron chi connectivity index (χ1n) is 6.49. The van der Waals surface area contributed by atoms with Gasteiger partial charge in [0, 0.05) is 13.5 Å². The normalized spacial score (nSPS) is 10.9. The Morgan fingerprint density at radius 2 is 2.05 bits per heavy atom. The minimum atomic E-state index is -0.238. The van der Waals surface area contributed by atoms with Gasteiger partial charge >= 0.3 is 0 Å². The molecule has 1 N–H and O–H groups in total. The maximum absolute atomic E-state index is 13.2. The SMILES string of the molecule is CNc1nc(Cc2cccc(F)c2)nc(C(C)C)c1Br. The van der Waals surface area contributed by atoms with Crippen molar-refractivity contribution in [2.45, 2.75) is 26.2 Å². The molecule has 5 heteroatoms. The minimum Gasteiger partial charge on any atom is -0.372 e. The van der Waals surface area contributed by atoms with E-state index in [4.69, 9.17) is 0 Å². The fourth-order valence-corrected chi connectivity index (χ4v) is 2.80. The van der Waals surface area contributed by atoms with Crippen LogP contribution in [0.3, 0.4) is 0 Å². The lowest BCUT2D eigenvalue weighted by molar-refractivity contribution is 0.625. The van der Waals surface area contributed by atoms with Gasteiger partial charge in [0.05, 0.1) is 10.2 Å². The van der Waals surface area contributed by atoms with Crippen LogP contribution in [0.4, 0.5) is 10.2 Å². The van der Waals surface area contributed by atoms with Crippen molar-refractivity contribution in [3.05, 3.63) is 51.6 Å². The number of hydrogen-bond acceptors (Lipinski definition) is 3. The Morgan fingerprint density at radius 1 is 1.30 bits per heavy atom. The summed E-state index contributed by atoms with van der Waals surface area (Å²) in [5.41, 5.74) is 1.82.